The molecule has 1 aliphatic heterocycles. The Labute approximate surface area is 197 Å². The Morgan fingerprint density at radius 2 is 1.97 bits per heavy atom. The molecule has 0 bridgehead atoms. The van der Waals surface area contributed by atoms with Crippen LogP contribution in [0.15, 0.2) is 48.2 Å². The molecule has 0 spiro atoms. The summed E-state index contributed by atoms with van der Waals surface area (Å²) in [5.74, 6) is -1.79. The van der Waals surface area contributed by atoms with Gasteiger partial charge in [-0.05, 0) is 64.4 Å². The summed E-state index contributed by atoms with van der Waals surface area (Å²) >= 11 is 1.98. The number of carboxylic acids is 1. The lowest BCUT2D eigenvalue weighted by Gasteiger charge is -2.13. The number of benzene rings is 2. The number of imide groups is 1. The van der Waals surface area contributed by atoms with Gasteiger partial charge in [0.2, 0.25) is 5.91 Å². The number of carboxylic acid groups (broad SMARTS) is 1. The van der Waals surface area contributed by atoms with E-state index in [1.807, 2.05) is 41.6 Å². The molecule has 32 heavy (non-hydrogen) atoms. The van der Waals surface area contributed by atoms with Gasteiger partial charge >= 0.3 is 12.0 Å². The van der Waals surface area contributed by atoms with E-state index in [1.165, 1.54) is 6.08 Å². The number of amides is 4. The Balaban J connectivity index is 1.69. The number of urea groups is 1. The van der Waals surface area contributed by atoms with E-state index in [2.05, 4.69) is 10.6 Å². The summed E-state index contributed by atoms with van der Waals surface area (Å²) in [5, 5.41) is 13.9. The Morgan fingerprint density at radius 3 is 2.66 bits per heavy atom. The maximum atomic E-state index is 12.7. The summed E-state index contributed by atoms with van der Waals surface area (Å²) in [6, 6.07) is 11.5. The van der Waals surface area contributed by atoms with E-state index >= 15 is 0 Å². The van der Waals surface area contributed by atoms with Gasteiger partial charge in [-0.25, -0.2) is 14.5 Å². The SMILES string of the molecule is CCc1ccccc1NC(=O)CN1C(=O)N/C(=C/c2ccc(OCC(=O)O)c(I)c2)C1=O. The smallest absolute Gasteiger partial charge is 0.341 e. The summed E-state index contributed by atoms with van der Waals surface area (Å²) in [6.07, 6.45) is 2.21. The fraction of sp³-hybridized carbons (Fsp3) is 0.182. The van der Waals surface area contributed by atoms with Crippen molar-refractivity contribution in [3.8, 4) is 5.75 Å². The molecule has 0 aliphatic carbocycles. The third kappa shape index (κ3) is 5.63. The van der Waals surface area contributed by atoms with Crippen LogP contribution in [0.2, 0.25) is 0 Å². The highest BCUT2D eigenvalue weighted by Gasteiger charge is 2.35. The second-order valence-corrected chi connectivity index (χ2v) is 7.97. The van der Waals surface area contributed by atoms with E-state index in [4.69, 9.17) is 9.84 Å². The van der Waals surface area contributed by atoms with E-state index in [9.17, 15) is 19.2 Å². The van der Waals surface area contributed by atoms with Crippen LogP contribution >= 0.6 is 22.6 Å². The predicted octanol–water partition coefficient (Wildman–Crippen LogP) is 2.85. The van der Waals surface area contributed by atoms with Gasteiger partial charge in [-0.1, -0.05) is 31.2 Å². The van der Waals surface area contributed by atoms with Crippen LogP contribution < -0.4 is 15.4 Å². The van der Waals surface area contributed by atoms with E-state index in [0.717, 1.165) is 16.9 Å². The molecule has 1 saturated heterocycles. The number of para-hydroxylation sites is 1. The number of hydrogen-bond donors (Lipinski definition) is 3. The largest absolute Gasteiger partial charge is 0.481 e. The molecule has 0 aromatic heterocycles. The minimum absolute atomic E-state index is 0.0340. The normalized spacial score (nSPS) is 14.4. The maximum absolute atomic E-state index is 12.7. The number of halogens is 1. The minimum Gasteiger partial charge on any atom is -0.481 e. The number of carbonyl (C=O) groups is 4. The van der Waals surface area contributed by atoms with Crippen LogP contribution in [-0.2, 0) is 20.8 Å². The summed E-state index contributed by atoms with van der Waals surface area (Å²) in [7, 11) is 0. The van der Waals surface area contributed by atoms with Crippen molar-refractivity contribution in [1.82, 2.24) is 10.2 Å². The first-order chi connectivity index (χ1) is 15.3. The fourth-order valence-corrected chi connectivity index (χ4v) is 3.72. The van der Waals surface area contributed by atoms with Crippen molar-refractivity contribution < 1.29 is 29.0 Å². The van der Waals surface area contributed by atoms with Crippen molar-refractivity contribution in [2.75, 3.05) is 18.5 Å². The van der Waals surface area contributed by atoms with E-state index in [0.29, 0.717) is 20.6 Å². The second kappa shape index (κ2) is 10.3. The first-order valence-electron chi connectivity index (χ1n) is 9.65. The summed E-state index contributed by atoms with van der Waals surface area (Å²) in [5.41, 5.74) is 2.22. The van der Waals surface area contributed by atoms with Crippen molar-refractivity contribution >= 4 is 58.2 Å². The van der Waals surface area contributed by atoms with Gasteiger partial charge in [0.15, 0.2) is 6.61 Å². The van der Waals surface area contributed by atoms with Gasteiger partial charge < -0.3 is 20.5 Å². The number of hydrogen-bond acceptors (Lipinski definition) is 5. The lowest BCUT2D eigenvalue weighted by molar-refractivity contribution is -0.139. The van der Waals surface area contributed by atoms with E-state index < -0.39 is 37.0 Å². The van der Waals surface area contributed by atoms with Crippen molar-refractivity contribution in [2.45, 2.75) is 13.3 Å². The molecule has 0 saturated carbocycles. The zero-order chi connectivity index (χ0) is 23.3. The van der Waals surface area contributed by atoms with Crippen LogP contribution in [-0.4, -0.2) is 47.0 Å². The number of nitrogens with one attached hydrogen (secondary N) is 2. The fourth-order valence-electron chi connectivity index (χ4n) is 3.03. The molecule has 0 unspecified atom stereocenters. The molecule has 3 N–H and O–H groups in total. The molecule has 0 radical (unpaired) electrons. The van der Waals surface area contributed by atoms with Crippen molar-refractivity contribution in [3.63, 3.8) is 0 Å². The Morgan fingerprint density at radius 1 is 1.22 bits per heavy atom. The van der Waals surface area contributed by atoms with Crippen LogP contribution in [0.4, 0.5) is 10.5 Å². The average molecular weight is 549 g/mol. The number of aryl methyl sites for hydroxylation is 1. The number of anilines is 1. The molecule has 9 nitrogen and oxygen atoms in total. The quantitative estimate of drug-likeness (QED) is 0.264. The molecule has 2 aromatic rings. The first-order valence-corrected chi connectivity index (χ1v) is 10.7. The van der Waals surface area contributed by atoms with Gasteiger partial charge in [0.05, 0.1) is 3.57 Å². The first kappa shape index (κ1) is 23.3. The van der Waals surface area contributed by atoms with Gasteiger partial charge in [0.25, 0.3) is 5.91 Å². The third-order valence-corrected chi connectivity index (χ3v) is 5.40. The van der Waals surface area contributed by atoms with Gasteiger partial charge in [-0.2, -0.15) is 0 Å². The average Bonchev–Trinajstić information content (AvgIpc) is 3.00. The molecule has 1 fully saturated rings. The van der Waals surface area contributed by atoms with Gasteiger partial charge in [0.1, 0.15) is 18.0 Å². The predicted molar refractivity (Wildman–Crippen MR) is 125 cm³/mol. The van der Waals surface area contributed by atoms with Crippen LogP contribution in [0.3, 0.4) is 0 Å². The summed E-state index contributed by atoms with van der Waals surface area (Å²) in [4.78, 5) is 48.8. The van der Waals surface area contributed by atoms with Gasteiger partial charge in [-0.15, -0.1) is 0 Å². The van der Waals surface area contributed by atoms with Crippen LogP contribution in [0.25, 0.3) is 6.08 Å². The zero-order valence-corrected chi connectivity index (χ0v) is 19.2. The zero-order valence-electron chi connectivity index (χ0n) is 17.1. The number of ether oxygens (including phenoxy) is 1. The molecule has 166 valence electrons. The summed E-state index contributed by atoms with van der Waals surface area (Å²) < 4.78 is 5.81. The topological polar surface area (TPSA) is 125 Å². The number of nitrogens with zero attached hydrogens (tertiary/aromatic N) is 1. The van der Waals surface area contributed by atoms with Crippen molar-refractivity contribution in [2.24, 2.45) is 0 Å². The highest BCUT2D eigenvalue weighted by Crippen LogP contribution is 2.24. The number of rotatable bonds is 8. The Kier molecular flexibility index (Phi) is 7.46. The van der Waals surface area contributed by atoms with Gasteiger partial charge in [-0.3, -0.25) is 9.59 Å². The Bertz CT molecular complexity index is 1110. The third-order valence-electron chi connectivity index (χ3n) is 4.55. The lowest BCUT2D eigenvalue weighted by Crippen LogP contribution is -2.38. The van der Waals surface area contributed by atoms with E-state index in [1.54, 1.807) is 30.3 Å². The second-order valence-electron chi connectivity index (χ2n) is 6.81. The van der Waals surface area contributed by atoms with Crippen molar-refractivity contribution in [3.05, 3.63) is 62.9 Å². The molecule has 3 rings (SSSR count). The highest BCUT2D eigenvalue weighted by atomic mass is 127. The molecular weight excluding hydrogens is 529 g/mol. The summed E-state index contributed by atoms with van der Waals surface area (Å²) in [6.45, 7) is 1.08. The highest BCUT2D eigenvalue weighted by molar-refractivity contribution is 14.1. The molecule has 2 aromatic carbocycles. The lowest BCUT2D eigenvalue weighted by atomic mass is 10.1. The number of aliphatic carboxylic acids is 1. The Hall–Kier alpha value is -3.41. The maximum Gasteiger partial charge on any atom is 0.341 e. The number of carbonyl (C=O) groups excluding carboxylic acids is 3. The van der Waals surface area contributed by atoms with Crippen molar-refractivity contribution in [1.29, 1.82) is 0 Å². The molecular formula is C22H20IN3O6. The minimum atomic E-state index is -1.09. The monoisotopic (exact) mass is 549 g/mol. The van der Waals surface area contributed by atoms with Gasteiger partial charge in [0, 0.05) is 5.69 Å². The molecule has 10 heteroatoms. The standard InChI is InChI=1S/C22H20IN3O6/c1-2-14-5-3-4-6-16(14)24-19(27)11-26-21(30)17(25-22(26)31)10-13-7-8-18(15(23)9-13)32-12-20(28)29/h3-10H,2,11-12H2,1H3,(H,24,27)(H,25,31)(H,28,29)/b17-10+. The molecule has 0 atom stereocenters. The molecule has 1 aliphatic rings. The van der Waals surface area contributed by atoms with Crippen LogP contribution in [0.1, 0.15) is 18.1 Å². The molecule has 1 heterocycles. The van der Waals surface area contributed by atoms with Crippen LogP contribution in [0, 0.1) is 3.57 Å². The molecule has 4 amide bonds. The van der Waals surface area contributed by atoms with E-state index in [-0.39, 0.29) is 5.70 Å². The van der Waals surface area contributed by atoms with Crippen LogP contribution in [0.5, 0.6) is 5.75 Å².